The van der Waals surface area contributed by atoms with Gasteiger partial charge in [0.1, 0.15) is 16.6 Å². The second kappa shape index (κ2) is 5.67. The summed E-state index contributed by atoms with van der Waals surface area (Å²) < 4.78 is 18.8. The minimum Gasteiger partial charge on any atom is -0.497 e. The quantitative estimate of drug-likeness (QED) is 0.842. The van der Waals surface area contributed by atoms with Gasteiger partial charge in [-0.05, 0) is 24.3 Å². The van der Waals surface area contributed by atoms with E-state index >= 15 is 0 Å². The summed E-state index contributed by atoms with van der Waals surface area (Å²) in [5.41, 5.74) is 7.26. The molecule has 0 amide bonds. The summed E-state index contributed by atoms with van der Waals surface area (Å²) in [7, 11) is 1.53. The van der Waals surface area contributed by atoms with Crippen LogP contribution in [0.2, 0.25) is 0 Å². The topological polar surface area (TPSA) is 47.3 Å². The van der Waals surface area contributed by atoms with Gasteiger partial charge in [-0.2, -0.15) is 0 Å². The van der Waals surface area contributed by atoms with Crippen molar-refractivity contribution in [2.75, 3.05) is 12.4 Å². The van der Waals surface area contributed by atoms with E-state index < -0.39 is 0 Å². The highest BCUT2D eigenvalue weighted by atomic mass is 32.1. The second-order valence-electron chi connectivity index (χ2n) is 3.88. The first-order chi connectivity index (χ1) is 9.11. The van der Waals surface area contributed by atoms with Gasteiger partial charge in [0, 0.05) is 17.3 Å². The summed E-state index contributed by atoms with van der Waals surface area (Å²) in [6.07, 6.45) is 0. The number of nitrogens with two attached hydrogens (primary N) is 1. The number of benzene rings is 2. The number of halogens is 1. The highest BCUT2D eigenvalue weighted by molar-refractivity contribution is 7.80. The third-order valence-corrected chi connectivity index (χ3v) is 2.86. The zero-order valence-corrected chi connectivity index (χ0v) is 11.1. The lowest BCUT2D eigenvalue weighted by Crippen LogP contribution is -2.12. The molecule has 0 bridgehead atoms. The van der Waals surface area contributed by atoms with Crippen LogP contribution in [-0.2, 0) is 0 Å². The lowest BCUT2D eigenvalue weighted by atomic mass is 10.1. The number of nitrogens with one attached hydrogen (secondary N) is 1. The molecule has 2 aromatic rings. The average molecular weight is 276 g/mol. The van der Waals surface area contributed by atoms with Gasteiger partial charge in [-0.15, -0.1) is 0 Å². The number of rotatable bonds is 4. The van der Waals surface area contributed by atoms with E-state index in [1.165, 1.54) is 13.2 Å². The Morgan fingerprint density at radius 1 is 1.21 bits per heavy atom. The van der Waals surface area contributed by atoms with Crippen LogP contribution in [0, 0.1) is 5.82 Å². The first-order valence-corrected chi connectivity index (χ1v) is 6.02. The third kappa shape index (κ3) is 3.00. The normalized spacial score (nSPS) is 10.0. The number of methoxy groups -OCH3 is 1. The van der Waals surface area contributed by atoms with Gasteiger partial charge >= 0.3 is 0 Å². The maximum Gasteiger partial charge on any atom is 0.146 e. The monoisotopic (exact) mass is 276 g/mol. The van der Waals surface area contributed by atoms with Crippen LogP contribution in [0.15, 0.2) is 42.5 Å². The van der Waals surface area contributed by atoms with Crippen molar-refractivity contribution in [1.82, 2.24) is 0 Å². The van der Waals surface area contributed by atoms with Crippen molar-refractivity contribution in [1.29, 1.82) is 0 Å². The summed E-state index contributed by atoms with van der Waals surface area (Å²) >= 11 is 4.97. The third-order valence-electron chi connectivity index (χ3n) is 2.64. The van der Waals surface area contributed by atoms with Crippen LogP contribution in [-0.4, -0.2) is 12.1 Å². The zero-order valence-electron chi connectivity index (χ0n) is 10.3. The molecule has 0 unspecified atom stereocenters. The molecule has 3 nitrogen and oxygen atoms in total. The highest BCUT2D eigenvalue weighted by Crippen LogP contribution is 2.26. The van der Waals surface area contributed by atoms with Crippen molar-refractivity contribution in [3.63, 3.8) is 0 Å². The zero-order chi connectivity index (χ0) is 13.8. The van der Waals surface area contributed by atoms with E-state index in [4.69, 9.17) is 22.7 Å². The molecule has 0 aliphatic heterocycles. The molecule has 0 saturated carbocycles. The van der Waals surface area contributed by atoms with Crippen LogP contribution >= 0.6 is 12.2 Å². The number of hydrogen-bond donors (Lipinski definition) is 2. The lowest BCUT2D eigenvalue weighted by molar-refractivity contribution is 0.414. The van der Waals surface area contributed by atoms with Gasteiger partial charge in [0.2, 0.25) is 0 Å². The van der Waals surface area contributed by atoms with E-state index in [1.807, 2.05) is 12.1 Å². The summed E-state index contributed by atoms with van der Waals surface area (Å²) in [5, 5.41) is 2.97. The predicted molar refractivity (Wildman–Crippen MR) is 78.6 cm³/mol. The summed E-state index contributed by atoms with van der Waals surface area (Å²) in [4.78, 5) is 0.256. The summed E-state index contributed by atoms with van der Waals surface area (Å²) in [5.74, 6) is 0.190. The van der Waals surface area contributed by atoms with E-state index in [-0.39, 0.29) is 10.8 Å². The summed E-state index contributed by atoms with van der Waals surface area (Å²) in [6.45, 7) is 0. The van der Waals surface area contributed by atoms with Gasteiger partial charge < -0.3 is 15.8 Å². The first kappa shape index (κ1) is 13.3. The number of hydrogen-bond acceptors (Lipinski definition) is 3. The molecule has 3 N–H and O–H groups in total. The predicted octanol–water partition coefficient (Wildman–Crippen LogP) is 3.21. The van der Waals surface area contributed by atoms with E-state index in [9.17, 15) is 4.39 Å². The van der Waals surface area contributed by atoms with Gasteiger partial charge in [-0.25, -0.2) is 4.39 Å². The Balaban J connectivity index is 2.38. The van der Waals surface area contributed by atoms with Crippen LogP contribution in [0.25, 0.3) is 0 Å². The number of para-hydroxylation sites is 1. The van der Waals surface area contributed by atoms with Crippen molar-refractivity contribution in [3.05, 3.63) is 53.8 Å². The fraction of sp³-hybridized carbons (Fsp3) is 0.0714. The molecule has 2 aromatic carbocycles. The van der Waals surface area contributed by atoms with Crippen LogP contribution in [0.5, 0.6) is 5.75 Å². The Labute approximate surface area is 116 Å². The van der Waals surface area contributed by atoms with Crippen molar-refractivity contribution in [2.45, 2.75) is 0 Å². The minimum atomic E-state index is -0.376. The Morgan fingerprint density at radius 2 is 1.95 bits per heavy atom. The Bertz CT molecular complexity index is 616. The standard InChI is InChI=1S/C14H13FN2OS/c1-18-9-6-7-11(15)13(8-9)17-12-5-3-2-4-10(12)14(16)19/h2-8,17H,1H3,(H2,16,19). The number of ether oxygens (including phenoxy) is 1. The molecule has 0 aliphatic rings. The Kier molecular flexibility index (Phi) is 3.97. The maximum absolute atomic E-state index is 13.7. The first-order valence-electron chi connectivity index (χ1n) is 5.61. The molecule has 0 spiro atoms. The molecule has 19 heavy (non-hydrogen) atoms. The minimum absolute atomic E-state index is 0.256. The number of thiocarbonyl (C=S) groups is 1. The fourth-order valence-corrected chi connectivity index (χ4v) is 1.86. The molecule has 0 atom stereocenters. The molecule has 0 saturated heterocycles. The van der Waals surface area contributed by atoms with Gasteiger partial charge in [0.15, 0.2) is 0 Å². The van der Waals surface area contributed by atoms with Crippen LogP contribution in [0.3, 0.4) is 0 Å². The van der Waals surface area contributed by atoms with Gasteiger partial charge in [0.25, 0.3) is 0 Å². The van der Waals surface area contributed by atoms with Crippen LogP contribution in [0.1, 0.15) is 5.56 Å². The second-order valence-corrected chi connectivity index (χ2v) is 4.32. The smallest absolute Gasteiger partial charge is 0.146 e. The van der Waals surface area contributed by atoms with E-state index in [2.05, 4.69) is 5.32 Å². The van der Waals surface area contributed by atoms with E-state index in [1.54, 1.807) is 24.3 Å². The SMILES string of the molecule is COc1ccc(F)c(Nc2ccccc2C(N)=S)c1. The molecule has 0 fully saturated rings. The Morgan fingerprint density at radius 3 is 2.63 bits per heavy atom. The van der Waals surface area contributed by atoms with E-state index in [0.717, 1.165) is 0 Å². The van der Waals surface area contributed by atoms with Gasteiger partial charge in [-0.1, -0.05) is 24.4 Å². The van der Waals surface area contributed by atoms with Gasteiger partial charge in [-0.3, -0.25) is 0 Å². The molecule has 0 aromatic heterocycles. The average Bonchev–Trinajstić information content (AvgIpc) is 2.41. The summed E-state index contributed by atoms with van der Waals surface area (Å²) in [6, 6.07) is 11.7. The fourth-order valence-electron chi connectivity index (χ4n) is 1.68. The maximum atomic E-state index is 13.7. The number of anilines is 2. The molecular formula is C14H13FN2OS. The van der Waals surface area contributed by atoms with E-state index in [0.29, 0.717) is 22.7 Å². The van der Waals surface area contributed by atoms with Crippen molar-refractivity contribution in [2.24, 2.45) is 5.73 Å². The lowest BCUT2D eigenvalue weighted by Gasteiger charge is -2.12. The van der Waals surface area contributed by atoms with Crippen molar-refractivity contribution < 1.29 is 9.13 Å². The highest BCUT2D eigenvalue weighted by Gasteiger charge is 2.08. The molecule has 2 rings (SSSR count). The van der Waals surface area contributed by atoms with Crippen molar-refractivity contribution in [3.8, 4) is 5.75 Å². The van der Waals surface area contributed by atoms with Crippen LogP contribution in [0.4, 0.5) is 15.8 Å². The largest absolute Gasteiger partial charge is 0.497 e. The van der Waals surface area contributed by atoms with Crippen LogP contribution < -0.4 is 15.8 Å². The molecule has 0 radical (unpaired) electrons. The molecule has 0 aliphatic carbocycles. The molecule has 98 valence electrons. The Hall–Kier alpha value is -2.14. The molecular weight excluding hydrogens is 263 g/mol. The molecule has 5 heteroatoms. The van der Waals surface area contributed by atoms with Crippen molar-refractivity contribution >= 4 is 28.6 Å². The van der Waals surface area contributed by atoms with Gasteiger partial charge in [0.05, 0.1) is 12.8 Å². The molecule has 0 heterocycles.